The molecule has 0 aliphatic carbocycles. The third-order valence-electron chi connectivity index (χ3n) is 4.40. The molecular weight excluding hydrogens is 523 g/mol. The van der Waals surface area contributed by atoms with Gasteiger partial charge in [-0.05, 0) is 25.5 Å². The normalized spacial score (nSPS) is 18.6. The number of aliphatic imine (C=N–C) groups is 1. The molecule has 9 nitrogen and oxygen atoms in total. The number of carbonyl (C=O) groups excluding carboxylic acids is 1. The van der Waals surface area contributed by atoms with Crippen molar-refractivity contribution in [1.29, 1.82) is 0 Å². The van der Waals surface area contributed by atoms with Gasteiger partial charge in [-0.15, -0.1) is 24.0 Å². The molecule has 2 unspecified atom stereocenters. The number of nitrogens with one attached hydrogen (secondary N) is 3. The van der Waals surface area contributed by atoms with Gasteiger partial charge in [0.15, 0.2) is 15.8 Å². The van der Waals surface area contributed by atoms with Crippen LogP contribution in [0, 0.1) is 0 Å². The molecular formula is C19H31IN4O5S. The molecule has 1 aliphatic heterocycles. The Morgan fingerprint density at radius 2 is 2.03 bits per heavy atom. The van der Waals surface area contributed by atoms with E-state index < -0.39 is 9.84 Å². The van der Waals surface area contributed by atoms with Crippen LogP contribution in [0.4, 0.5) is 0 Å². The molecule has 3 N–H and O–H groups in total. The lowest BCUT2D eigenvalue weighted by Gasteiger charge is -2.18. The first-order chi connectivity index (χ1) is 13.8. The molecule has 1 aliphatic rings. The first-order valence-corrected chi connectivity index (χ1v) is 11.4. The maximum absolute atomic E-state index is 12.0. The summed E-state index contributed by atoms with van der Waals surface area (Å²) in [5, 5.41) is 8.97. The minimum absolute atomic E-state index is 0. The summed E-state index contributed by atoms with van der Waals surface area (Å²) in [6.07, 6.45) is 0.594. The number of carbonyl (C=O) groups is 1. The second-order valence-electron chi connectivity index (χ2n) is 6.90. The fourth-order valence-corrected chi connectivity index (χ4v) is 4.59. The van der Waals surface area contributed by atoms with Crippen LogP contribution in [0.5, 0.6) is 11.5 Å². The largest absolute Gasteiger partial charge is 0.497 e. The van der Waals surface area contributed by atoms with Gasteiger partial charge in [-0.3, -0.25) is 9.79 Å². The predicted molar refractivity (Wildman–Crippen MR) is 128 cm³/mol. The Morgan fingerprint density at radius 1 is 1.30 bits per heavy atom. The number of guanidine groups is 1. The summed E-state index contributed by atoms with van der Waals surface area (Å²) in [5.74, 6) is 2.00. The van der Waals surface area contributed by atoms with Gasteiger partial charge in [-0.1, -0.05) is 6.07 Å². The van der Waals surface area contributed by atoms with Crippen LogP contribution in [0.3, 0.4) is 0 Å². The van der Waals surface area contributed by atoms with E-state index in [0.717, 1.165) is 5.75 Å². The fraction of sp³-hybridized carbons (Fsp3) is 0.579. The average Bonchev–Trinajstić information content (AvgIpc) is 3.02. The van der Waals surface area contributed by atoms with Crippen molar-refractivity contribution in [1.82, 2.24) is 16.0 Å². The van der Waals surface area contributed by atoms with Gasteiger partial charge < -0.3 is 25.4 Å². The molecule has 1 aromatic rings. The van der Waals surface area contributed by atoms with Crippen molar-refractivity contribution in [2.45, 2.75) is 31.9 Å². The van der Waals surface area contributed by atoms with Crippen LogP contribution in [-0.4, -0.2) is 71.2 Å². The number of benzene rings is 1. The summed E-state index contributed by atoms with van der Waals surface area (Å²) in [6.45, 7) is 2.84. The lowest BCUT2D eigenvalue weighted by atomic mass is 10.2. The lowest BCUT2D eigenvalue weighted by Crippen LogP contribution is -2.43. The second-order valence-corrected chi connectivity index (χ2v) is 9.13. The summed E-state index contributed by atoms with van der Waals surface area (Å²) in [5.41, 5.74) is 0. The van der Waals surface area contributed by atoms with Crippen LogP contribution >= 0.6 is 24.0 Å². The molecule has 0 saturated carbocycles. The van der Waals surface area contributed by atoms with E-state index in [1.165, 1.54) is 0 Å². The van der Waals surface area contributed by atoms with E-state index in [9.17, 15) is 13.2 Å². The molecule has 1 aromatic carbocycles. The van der Waals surface area contributed by atoms with Crippen molar-refractivity contribution in [2.24, 2.45) is 4.99 Å². The highest BCUT2D eigenvalue weighted by Gasteiger charge is 2.28. The summed E-state index contributed by atoms with van der Waals surface area (Å²) in [7, 11) is 0.253. The first kappa shape index (κ1) is 26.3. The Balaban J connectivity index is 0.00000450. The van der Waals surface area contributed by atoms with E-state index >= 15 is 0 Å². The predicted octanol–water partition coefficient (Wildman–Crippen LogP) is 0.939. The number of sulfone groups is 1. The SMILES string of the molecule is CN=C(NCCC(=O)NC1CCS(=O)(=O)C1)NCC(C)Oc1cccc(OC)c1.I. The van der Waals surface area contributed by atoms with E-state index in [2.05, 4.69) is 20.9 Å². The van der Waals surface area contributed by atoms with Gasteiger partial charge in [-0.25, -0.2) is 8.42 Å². The zero-order chi connectivity index (χ0) is 21.3. The van der Waals surface area contributed by atoms with Crippen molar-refractivity contribution < 1.29 is 22.7 Å². The van der Waals surface area contributed by atoms with Gasteiger partial charge in [0.25, 0.3) is 0 Å². The number of hydrogen-bond donors (Lipinski definition) is 3. The quantitative estimate of drug-likeness (QED) is 0.236. The highest BCUT2D eigenvalue weighted by atomic mass is 127. The standard InChI is InChI=1S/C19H30N4O5S.HI/c1-14(28-17-6-4-5-16(11-17)27-3)12-22-19(20-2)21-9-7-18(24)23-15-8-10-29(25,26)13-15;/h4-6,11,14-15H,7-10,12-13H2,1-3H3,(H,23,24)(H2,20,21,22);1H. The highest BCUT2D eigenvalue weighted by molar-refractivity contribution is 14.0. The molecule has 0 spiro atoms. The summed E-state index contributed by atoms with van der Waals surface area (Å²) >= 11 is 0. The van der Waals surface area contributed by atoms with Crippen LogP contribution in [0.15, 0.2) is 29.3 Å². The monoisotopic (exact) mass is 554 g/mol. The summed E-state index contributed by atoms with van der Waals surface area (Å²) in [6, 6.07) is 7.11. The molecule has 30 heavy (non-hydrogen) atoms. The number of ether oxygens (including phenoxy) is 2. The Morgan fingerprint density at radius 3 is 2.67 bits per heavy atom. The van der Waals surface area contributed by atoms with Crippen molar-refractivity contribution in [2.75, 3.05) is 38.8 Å². The van der Waals surface area contributed by atoms with E-state index in [0.29, 0.717) is 31.2 Å². The van der Waals surface area contributed by atoms with Crippen LogP contribution < -0.4 is 25.4 Å². The van der Waals surface area contributed by atoms with Crippen molar-refractivity contribution in [3.05, 3.63) is 24.3 Å². The molecule has 0 aromatic heterocycles. The second kappa shape index (κ2) is 12.8. The zero-order valence-electron chi connectivity index (χ0n) is 17.5. The minimum atomic E-state index is -3.00. The third-order valence-corrected chi connectivity index (χ3v) is 6.17. The van der Waals surface area contributed by atoms with E-state index in [4.69, 9.17) is 9.47 Å². The van der Waals surface area contributed by atoms with Gasteiger partial charge in [0, 0.05) is 32.1 Å². The number of hydrogen-bond acceptors (Lipinski definition) is 6. The van der Waals surface area contributed by atoms with Crippen LogP contribution in [-0.2, 0) is 14.6 Å². The number of nitrogens with zero attached hydrogens (tertiary/aromatic N) is 1. The summed E-state index contributed by atoms with van der Waals surface area (Å²) < 4.78 is 33.9. The molecule has 0 radical (unpaired) electrons. The Kier molecular flexibility index (Phi) is 11.2. The van der Waals surface area contributed by atoms with Crippen LogP contribution in [0.1, 0.15) is 19.8 Å². The Bertz CT molecular complexity index is 819. The summed E-state index contributed by atoms with van der Waals surface area (Å²) in [4.78, 5) is 16.1. The average molecular weight is 554 g/mol. The van der Waals surface area contributed by atoms with Gasteiger partial charge in [-0.2, -0.15) is 0 Å². The smallest absolute Gasteiger partial charge is 0.222 e. The number of rotatable bonds is 9. The number of methoxy groups -OCH3 is 1. The molecule has 2 rings (SSSR count). The van der Waals surface area contributed by atoms with E-state index in [-0.39, 0.29) is 60.0 Å². The molecule has 2 atom stereocenters. The lowest BCUT2D eigenvalue weighted by molar-refractivity contribution is -0.121. The highest BCUT2D eigenvalue weighted by Crippen LogP contribution is 2.19. The van der Waals surface area contributed by atoms with Gasteiger partial charge in [0.05, 0.1) is 25.2 Å². The maximum atomic E-state index is 12.0. The molecule has 1 amide bonds. The minimum Gasteiger partial charge on any atom is -0.497 e. The first-order valence-electron chi connectivity index (χ1n) is 9.56. The number of halogens is 1. The zero-order valence-corrected chi connectivity index (χ0v) is 20.7. The van der Waals surface area contributed by atoms with E-state index in [1.54, 1.807) is 14.2 Å². The number of amides is 1. The van der Waals surface area contributed by atoms with Gasteiger partial charge >= 0.3 is 0 Å². The molecule has 170 valence electrons. The maximum Gasteiger partial charge on any atom is 0.222 e. The third kappa shape index (κ3) is 9.37. The van der Waals surface area contributed by atoms with E-state index in [1.807, 2.05) is 31.2 Å². The van der Waals surface area contributed by atoms with Gasteiger partial charge in [0.1, 0.15) is 17.6 Å². The topological polar surface area (TPSA) is 118 Å². The van der Waals surface area contributed by atoms with Crippen molar-refractivity contribution >= 4 is 45.7 Å². The Labute approximate surface area is 195 Å². The van der Waals surface area contributed by atoms with Crippen LogP contribution in [0.25, 0.3) is 0 Å². The van der Waals surface area contributed by atoms with Crippen LogP contribution in [0.2, 0.25) is 0 Å². The molecule has 1 saturated heterocycles. The van der Waals surface area contributed by atoms with Gasteiger partial charge in [0.2, 0.25) is 5.91 Å². The van der Waals surface area contributed by atoms with Crippen molar-refractivity contribution in [3.8, 4) is 11.5 Å². The molecule has 1 fully saturated rings. The molecule has 0 bridgehead atoms. The van der Waals surface area contributed by atoms with Crippen molar-refractivity contribution in [3.63, 3.8) is 0 Å². The molecule has 1 heterocycles. The molecule has 11 heteroatoms. The Hall–Kier alpha value is -1.76. The fourth-order valence-electron chi connectivity index (χ4n) is 2.91.